The summed E-state index contributed by atoms with van der Waals surface area (Å²) in [5.41, 5.74) is 0.923. The third-order valence-electron chi connectivity index (χ3n) is 7.96. The number of likely N-dealkylation sites (tertiary alicyclic amines) is 1. The van der Waals surface area contributed by atoms with E-state index in [1.165, 1.54) is 0 Å². The van der Waals surface area contributed by atoms with E-state index in [1.54, 1.807) is 34.6 Å². The molecule has 5 heterocycles. The molecule has 198 valence electrons. The molecular weight excluding hydrogens is 488 g/mol. The number of carbonyl (C=O) groups is 2. The fourth-order valence-electron chi connectivity index (χ4n) is 5.78. The SMILES string of the molecule is CCNC1CCN(C(=O)Oc2cccc3nc4c(cc23)Cn2c-4cc3c(c2=O)COC(=O)[C@]3(O)CC)CC1. The number of carbonyl (C=O) groups excluding carboxylic acids is 2. The molecule has 0 bridgehead atoms. The maximum Gasteiger partial charge on any atom is 0.415 e. The average Bonchev–Trinajstić information content (AvgIpc) is 3.28. The lowest BCUT2D eigenvalue weighted by molar-refractivity contribution is -0.172. The van der Waals surface area contributed by atoms with Crippen molar-refractivity contribution in [3.05, 3.63) is 57.4 Å². The van der Waals surface area contributed by atoms with Crippen molar-refractivity contribution < 1.29 is 24.2 Å². The Morgan fingerprint density at radius 2 is 2.03 bits per heavy atom. The van der Waals surface area contributed by atoms with Crippen LogP contribution in [0.2, 0.25) is 0 Å². The zero-order valence-electron chi connectivity index (χ0n) is 21.5. The maximum absolute atomic E-state index is 13.4. The Morgan fingerprint density at radius 1 is 1.24 bits per heavy atom. The zero-order chi connectivity index (χ0) is 26.6. The maximum atomic E-state index is 13.4. The van der Waals surface area contributed by atoms with Gasteiger partial charge in [-0.2, -0.15) is 0 Å². The van der Waals surface area contributed by atoms with Gasteiger partial charge in [0.05, 0.1) is 29.0 Å². The minimum Gasteiger partial charge on any atom is -0.458 e. The van der Waals surface area contributed by atoms with E-state index in [9.17, 15) is 19.5 Å². The van der Waals surface area contributed by atoms with Crippen molar-refractivity contribution in [2.24, 2.45) is 0 Å². The van der Waals surface area contributed by atoms with Crippen LogP contribution in [0.4, 0.5) is 4.79 Å². The zero-order valence-corrected chi connectivity index (χ0v) is 21.5. The van der Waals surface area contributed by atoms with Gasteiger partial charge in [0.25, 0.3) is 5.56 Å². The first-order chi connectivity index (χ1) is 18.3. The van der Waals surface area contributed by atoms with Crippen molar-refractivity contribution in [3.8, 4) is 17.1 Å². The number of pyridine rings is 2. The van der Waals surface area contributed by atoms with Crippen LogP contribution >= 0.6 is 0 Å². The lowest BCUT2D eigenvalue weighted by Crippen LogP contribution is -2.45. The molecule has 6 rings (SSSR count). The fraction of sp³-hybridized carbons (Fsp3) is 0.429. The van der Waals surface area contributed by atoms with Gasteiger partial charge in [0.1, 0.15) is 12.4 Å². The molecule has 10 heteroatoms. The molecular formula is C28H30N4O6. The van der Waals surface area contributed by atoms with Gasteiger partial charge in [0.2, 0.25) is 0 Å². The molecule has 0 spiro atoms. The van der Waals surface area contributed by atoms with Gasteiger partial charge < -0.3 is 29.4 Å². The van der Waals surface area contributed by atoms with Crippen LogP contribution in [0.1, 0.15) is 49.8 Å². The summed E-state index contributed by atoms with van der Waals surface area (Å²) >= 11 is 0. The highest BCUT2D eigenvalue weighted by atomic mass is 16.6. The molecule has 3 aliphatic rings. The number of hydrogen-bond acceptors (Lipinski definition) is 8. The van der Waals surface area contributed by atoms with Gasteiger partial charge in [0, 0.05) is 35.6 Å². The molecule has 1 aromatic carbocycles. The van der Waals surface area contributed by atoms with E-state index in [1.807, 2.05) is 12.1 Å². The van der Waals surface area contributed by atoms with Gasteiger partial charge >= 0.3 is 12.1 Å². The van der Waals surface area contributed by atoms with Crippen molar-refractivity contribution >= 4 is 23.0 Å². The molecule has 1 fully saturated rings. The predicted octanol–water partition coefficient (Wildman–Crippen LogP) is 2.65. The quantitative estimate of drug-likeness (QED) is 0.396. The Bertz CT molecular complexity index is 1520. The number of ether oxygens (including phenoxy) is 2. The third-order valence-corrected chi connectivity index (χ3v) is 7.96. The molecule has 38 heavy (non-hydrogen) atoms. The Kier molecular flexibility index (Phi) is 5.96. The van der Waals surface area contributed by atoms with Crippen molar-refractivity contribution in [1.29, 1.82) is 0 Å². The topological polar surface area (TPSA) is 123 Å². The Hall–Kier alpha value is -3.76. The summed E-state index contributed by atoms with van der Waals surface area (Å²) < 4.78 is 12.6. The molecule has 2 N–H and O–H groups in total. The molecule has 0 aliphatic carbocycles. The van der Waals surface area contributed by atoms with Crippen LogP contribution in [0, 0.1) is 0 Å². The normalized spacial score (nSPS) is 20.6. The fourth-order valence-corrected chi connectivity index (χ4v) is 5.78. The highest BCUT2D eigenvalue weighted by Gasteiger charge is 2.45. The number of esters is 1. The van der Waals surface area contributed by atoms with E-state index in [0.717, 1.165) is 24.9 Å². The summed E-state index contributed by atoms with van der Waals surface area (Å²) in [6.07, 6.45) is 1.47. The minimum atomic E-state index is -1.87. The average molecular weight is 519 g/mol. The summed E-state index contributed by atoms with van der Waals surface area (Å²) in [6, 6.07) is 9.36. The van der Waals surface area contributed by atoms with Crippen LogP contribution in [0.15, 0.2) is 35.1 Å². The summed E-state index contributed by atoms with van der Waals surface area (Å²) in [6.45, 7) is 6.03. The number of aromatic nitrogens is 2. The molecule has 0 unspecified atom stereocenters. The highest BCUT2D eigenvalue weighted by Crippen LogP contribution is 2.39. The smallest absolute Gasteiger partial charge is 0.415 e. The van der Waals surface area contributed by atoms with E-state index >= 15 is 0 Å². The van der Waals surface area contributed by atoms with Gasteiger partial charge in [-0.3, -0.25) is 4.79 Å². The van der Waals surface area contributed by atoms with E-state index in [2.05, 4.69) is 12.2 Å². The molecule has 1 saturated heterocycles. The number of nitrogens with zero attached hydrogens (tertiary/aromatic N) is 3. The van der Waals surface area contributed by atoms with Crippen LogP contribution in [0.3, 0.4) is 0 Å². The molecule has 3 aromatic rings. The number of cyclic esters (lactones) is 1. The molecule has 3 aliphatic heterocycles. The molecule has 1 atom stereocenters. The number of amides is 1. The van der Waals surface area contributed by atoms with Gasteiger partial charge in [-0.25, -0.2) is 14.6 Å². The van der Waals surface area contributed by atoms with Gasteiger partial charge in [-0.1, -0.05) is 19.9 Å². The standard InChI is InChI=1S/C28H30N4O6/c1-3-28(36)20-13-22-24-16(14-32(22)25(33)19(20)15-37-26(28)34)12-18-21(30-24)6-5-7-23(18)38-27(35)31-10-8-17(9-11-31)29-4-2/h5-7,12-13,17,29,36H,3-4,8-11,14-15H2,1-2H3/t28-/m0/s1. The Balaban J connectivity index is 1.34. The highest BCUT2D eigenvalue weighted by molar-refractivity contribution is 5.91. The largest absolute Gasteiger partial charge is 0.458 e. The Morgan fingerprint density at radius 3 is 2.76 bits per heavy atom. The van der Waals surface area contributed by atoms with E-state index in [0.29, 0.717) is 47.2 Å². The first-order valence-corrected chi connectivity index (χ1v) is 13.1. The summed E-state index contributed by atoms with van der Waals surface area (Å²) in [5, 5.41) is 15.2. The molecule has 0 radical (unpaired) electrons. The van der Waals surface area contributed by atoms with Crippen molar-refractivity contribution in [2.45, 2.75) is 57.9 Å². The Labute approximate surface area is 219 Å². The van der Waals surface area contributed by atoms with Crippen LogP contribution in [0.25, 0.3) is 22.3 Å². The first-order valence-electron chi connectivity index (χ1n) is 13.1. The number of benzene rings is 1. The number of piperidine rings is 1. The second-order valence-corrected chi connectivity index (χ2v) is 10.1. The molecule has 1 amide bonds. The first kappa shape index (κ1) is 24.6. The lowest BCUT2D eigenvalue weighted by atomic mass is 9.86. The molecule has 0 saturated carbocycles. The second-order valence-electron chi connectivity index (χ2n) is 10.1. The molecule has 10 nitrogen and oxygen atoms in total. The van der Waals surface area contributed by atoms with Crippen LogP contribution in [-0.2, 0) is 28.3 Å². The van der Waals surface area contributed by atoms with Gasteiger partial charge in [-0.15, -0.1) is 0 Å². The number of nitrogens with one attached hydrogen (secondary N) is 1. The van der Waals surface area contributed by atoms with Crippen molar-refractivity contribution in [1.82, 2.24) is 19.8 Å². The number of aliphatic hydroxyl groups is 1. The monoisotopic (exact) mass is 518 g/mol. The van der Waals surface area contributed by atoms with E-state index in [-0.39, 0.29) is 42.4 Å². The van der Waals surface area contributed by atoms with E-state index < -0.39 is 11.6 Å². The van der Waals surface area contributed by atoms with Gasteiger partial charge in [0.15, 0.2) is 5.60 Å². The van der Waals surface area contributed by atoms with Crippen LogP contribution < -0.4 is 15.6 Å². The predicted molar refractivity (Wildman–Crippen MR) is 139 cm³/mol. The van der Waals surface area contributed by atoms with Gasteiger partial charge in [-0.05, 0) is 50.1 Å². The lowest BCUT2D eigenvalue weighted by Gasteiger charge is -2.31. The summed E-state index contributed by atoms with van der Waals surface area (Å²) in [5.74, 6) is -0.336. The van der Waals surface area contributed by atoms with Crippen molar-refractivity contribution in [2.75, 3.05) is 19.6 Å². The summed E-state index contributed by atoms with van der Waals surface area (Å²) in [7, 11) is 0. The number of fused-ring (bicyclic) bond motifs is 5. The number of rotatable bonds is 4. The third kappa shape index (κ3) is 3.78. The minimum absolute atomic E-state index is 0.0846. The molecule has 2 aromatic heterocycles. The van der Waals surface area contributed by atoms with Crippen LogP contribution in [-0.4, -0.2) is 57.3 Å². The van der Waals surface area contributed by atoms with Crippen molar-refractivity contribution in [3.63, 3.8) is 0 Å². The van der Waals surface area contributed by atoms with Crippen LogP contribution in [0.5, 0.6) is 5.75 Å². The summed E-state index contributed by atoms with van der Waals surface area (Å²) in [4.78, 5) is 45.3. The second kappa shape index (κ2) is 9.21. The number of hydrogen-bond donors (Lipinski definition) is 2. The van der Waals surface area contributed by atoms with E-state index in [4.69, 9.17) is 14.5 Å².